The number of allylic oxidation sites excluding steroid dienone is 2. The topological polar surface area (TPSA) is 256 Å². The Balaban J connectivity index is 1.55. The van der Waals surface area contributed by atoms with Gasteiger partial charge in [-0.15, -0.1) is 0 Å². The van der Waals surface area contributed by atoms with Crippen LogP contribution in [0, 0.1) is 3.57 Å². The number of ketones is 4. The van der Waals surface area contributed by atoms with E-state index in [0.29, 0.717) is 9.13 Å². The van der Waals surface area contributed by atoms with E-state index < -0.39 is 91.2 Å². The van der Waals surface area contributed by atoms with Crippen molar-refractivity contribution >= 4 is 74.5 Å². The maximum atomic E-state index is 14.1. The summed E-state index contributed by atoms with van der Waals surface area (Å²) in [6, 6.07) is 1.40. The average Bonchev–Trinajstić information content (AvgIpc) is 3.48. The fourth-order valence-corrected chi connectivity index (χ4v) is 7.05. The van der Waals surface area contributed by atoms with Crippen molar-refractivity contribution in [1.29, 1.82) is 0 Å². The smallest absolute Gasteiger partial charge is 0.329 e. The molecule has 0 aliphatic heterocycles. The quantitative estimate of drug-likeness (QED) is 0.0540. The largest absolute Gasteiger partial charge is 0.507 e. The third kappa shape index (κ3) is 3.53. The number of phenolic OH excluding ortho intramolecular Hbond substituents is 3. The molecule has 2 aromatic carbocycles. The van der Waals surface area contributed by atoms with Gasteiger partial charge in [0.25, 0.3) is 5.56 Å². The number of hydrogen-bond acceptors (Lipinski definition) is 12. The van der Waals surface area contributed by atoms with Crippen LogP contribution in [0.4, 0.5) is 0 Å². The number of primary amides is 1. The molecular formula is C28H17IN4O11. The summed E-state index contributed by atoms with van der Waals surface area (Å²) in [5.41, 5.74) is 1.11. The number of rotatable bonds is 3. The first kappa shape index (κ1) is 28.7. The predicted molar refractivity (Wildman–Crippen MR) is 156 cm³/mol. The van der Waals surface area contributed by atoms with Crippen LogP contribution >= 0.6 is 22.6 Å². The van der Waals surface area contributed by atoms with Crippen LogP contribution < -0.4 is 16.7 Å². The van der Waals surface area contributed by atoms with E-state index in [0.717, 1.165) is 19.4 Å². The number of pyridine rings is 1. The van der Waals surface area contributed by atoms with Crippen molar-refractivity contribution < 1.29 is 48.8 Å². The van der Waals surface area contributed by atoms with Gasteiger partial charge >= 0.3 is 11.8 Å². The Kier molecular flexibility index (Phi) is 6.24. The van der Waals surface area contributed by atoms with E-state index in [2.05, 4.69) is 10.1 Å². The van der Waals surface area contributed by atoms with Crippen LogP contribution in [0.2, 0.25) is 0 Å². The van der Waals surface area contributed by atoms with E-state index in [1.165, 1.54) is 6.07 Å². The lowest BCUT2D eigenvalue weighted by Crippen LogP contribution is -2.36. The second-order valence-electron chi connectivity index (χ2n) is 10.1. The molecule has 15 nitrogen and oxygen atoms in total. The van der Waals surface area contributed by atoms with E-state index in [9.17, 15) is 48.9 Å². The van der Waals surface area contributed by atoms with Crippen molar-refractivity contribution in [3.05, 3.63) is 70.9 Å². The SMILES string of the molecule is COC1=CC(=O)c2c(O)c3c(c(O)c2C1=O)C(=O)[C@]1(CCc2c1c(O)c1c(=O)[nH]c(/C=N/NC(=O)C(N)=O)cc1c2I)C3=O. The molecule has 1 atom stereocenters. The number of amides is 2. The van der Waals surface area contributed by atoms with Crippen LogP contribution in [0.3, 0.4) is 0 Å². The summed E-state index contributed by atoms with van der Waals surface area (Å²) >= 11 is 1.88. The monoisotopic (exact) mass is 712 g/mol. The minimum Gasteiger partial charge on any atom is -0.507 e. The number of aromatic amines is 1. The second kappa shape index (κ2) is 9.56. The maximum Gasteiger partial charge on any atom is 0.329 e. The molecule has 0 bridgehead atoms. The highest BCUT2D eigenvalue weighted by atomic mass is 127. The van der Waals surface area contributed by atoms with Crippen LogP contribution in [0.15, 0.2) is 27.8 Å². The van der Waals surface area contributed by atoms with Crippen LogP contribution in [0.1, 0.15) is 64.7 Å². The average molecular weight is 712 g/mol. The van der Waals surface area contributed by atoms with Crippen LogP contribution in [0.5, 0.6) is 17.2 Å². The summed E-state index contributed by atoms with van der Waals surface area (Å²) < 4.78 is 5.28. The number of phenols is 3. The lowest BCUT2D eigenvalue weighted by Gasteiger charge is -2.23. The Morgan fingerprint density at radius 3 is 2.30 bits per heavy atom. The molecule has 3 aliphatic carbocycles. The molecule has 0 saturated carbocycles. The molecule has 0 fully saturated rings. The van der Waals surface area contributed by atoms with Crippen molar-refractivity contribution in [3.63, 3.8) is 0 Å². The fraction of sp³-hybridized carbons (Fsp3) is 0.143. The zero-order chi connectivity index (χ0) is 32.0. The molecule has 0 unspecified atom stereocenters. The number of hydrazone groups is 1. The Morgan fingerprint density at radius 1 is 1.05 bits per heavy atom. The first-order chi connectivity index (χ1) is 20.8. The van der Waals surface area contributed by atoms with Gasteiger partial charge in [0.15, 0.2) is 23.1 Å². The molecule has 3 aliphatic rings. The number of carbonyl (C=O) groups excluding carboxylic acids is 6. The molecular weight excluding hydrogens is 695 g/mol. The Labute approximate surface area is 257 Å². The van der Waals surface area contributed by atoms with Gasteiger partial charge in [-0.25, -0.2) is 5.43 Å². The van der Waals surface area contributed by atoms with Gasteiger partial charge in [-0.05, 0) is 47.1 Å². The van der Waals surface area contributed by atoms with E-state index in [1.54, 1.807) is 0 Å². The molecule has 6 rings (SSSR count). The zero-order valence-electron chi connectivity index (χ0n) is 22.2. The molecule has 44 heavy (non-hydrogen) atoms. The fourth-order valence-electron chi connectivity index (χ4n) is 6.09. The minimum absolute atomic E-state index is 0.0436. The van der Waals surface area contributed by atoms with Gasteiger partial charge in [0.2, 0.25) is 5.78 Å². The third-order valence-corrected chi connectivity index (χ3v) is 9.19. The Bertz CT molecular complexity index is 2130. The minimum atomic E-state index is -2.19. The van der Waals surface area contributed by atoms with E-state index >= 15 is 0 Å². The van der Waals surface area contributed by atoms with Crippen molar-refractivity contribution in [2.24, 2.45) is 10.8 Å². The van der Waals surface area contributed by atoms with Gasteiger partial charge in [-0.3, -0.25) is 33.6 Å². The Hall–Kier alpha value is -5.39. The van der Waals surface area contributed by atoms with Crippen LogP contribution in [-0.4, -0.2) is 68.6 Å². The van der Waals surface area contributed by atoms with Gasteiger partial charge < -0.3 is 30.8 Å². The highest BCUT2D eigenvalue weighted by Crippen LogP contribution is 2.58. The number of nitrogens with one attached hydrogen (secondary N) is 2. The summed E-state index contributed by atoms with van der Waals surface area (Å²) in [6.45, 7) is 0. The number of fused-ring (bicyclic) bond motifs is 5. The highest BCUT2D eigenvalue weighted by molar-refractivity contribution is 14.1. The summed E-state index contributed by atoms with van der Waals surface area (Å²) in [4.78, 5) is 91.9. The number of methoxy groups -OCH3 is 1. The molecule has 0 saturated heterocycles. The molecule has 1 heterocycles. The lowest BCUT2D eigenvalue weighted by molar-refractivity contribution is -0.137. The van der Waals surface area contributed by atoms with E-state index in [4.69, 9.17) is 10.5 Å². The first-order valence-corrected chi connectivity index (χ1v) is 13.7. The second-order valence-corrected chi connectivity index (χ2v) is 11.2. The molecule has 2 amide bonds. The lowest BCUT2D eigenvalue weighted by atomic mass is 9.76. The summed E-state index contributed by atoms with van der Waals surface area (Å²) in [5.74, 6) is -9.58. The maximum absolute atomic E-state index is 14.1. The number of hydrogen-bond donors (Lipinski definition) is 6. The van der Waals surface area contributed by atoms with Gasteiger partial charge in [-0.2, -0.15) is 5.10 Å². The first-order valence-electron chi connectivity index (χ1n) is 12.6. The van der Waals surface area contributed by atoms with Gasteiger partial charge in [0, 0.05) is 20.6 Å². The normalized spacial score (nSPS) is 18.5. The van der Waals surface area contributed by atoms with Gasteiger partial charge in [0.05, 0.1) is 46.7 Å². The number of carbonyl (C=O) groups is 6. The van der Waals surface area contributed by atoms with Crippen molar-refractivity contribution in [2.45, 2.75) is 18.3 Å². The number of nitrogens with zero attached hydrogens (tertiary/aromatic N) is 1. The van der Waals surface area contributed by atoms with Crippen LogP contribution in [-0.2, 0) is 26.2 Å². The molecule has 1 aromatic heterocycles. The number of aromatic hydroxyl groups is 3. The van der Waals surface area contributed by atoms with Crippen LogP contribution in [0.25, 0.3) is 10.8 Å². The molecule has 0 radical (unpaired) electrons. The van der Waals surface area contributed by atoms with Crippen molar-refractivity contribution in [2.75, 3.05) is 7.11 Å². The number of nitrogens with two attached hydrogens (primary N) is 1. The Morgan fingerprint density at radius 2 is 1.68 bits per heavy atom. The van der Waals surface area contributed by atoms with Crippen molar-refractivity contribution in [3.8, 4) is 17.2 Å². The summed E-state index contributed by atoms with van der Waals surface area (Å²) in [6.07, 6.45) is 1.62. The molecule has 1 spiro atoms. The number of H-pyrrole nitrogens is 1. The third-order valence-electron chi connectivity index (χ3n) is 7.96. The molecule has 222 valence electrons. The van der Waals surface area contributed by atoms with E-state index in [-0.39, 0.29) is 34.9 Å². The number of benzene rings is 2. The van der Waals surface area contributed by atoms with Crippen molar-refractivity contribution in [1.82, 2.24) is 10.4 Å². The number of halogens is 1. The van der Waals surface area contributed by atoms with Gasteiger partial charge in [-0.1, -0.05) is 0 Å². The summed E-state index contributed by atoms with van der Waals surface area (Å²) in [7, 11) is 1.11. The standard InChI is InChI=1S/C28H17IN4O11/c1-44-11-5-10(34)13-14(19(11)35)21(37)16-15(20(13)36)23(39)28(24(16)40)3-2-8-17(28)22(38)12-9(18(8)29)4-7(32-26(12)42)6-31-33-27(43)25(30)41/h4-6,36-38H,2-3H2,1H3,(H2,30,41)(H,32,42)(H,33,43)/b31-6+/t28-/m0/s1. The number of aromatic nitrogens is 1. The number of Topliss-reactive ketones (excluding diaryl/α,β-unsaturated/α-hetero) is 3. The summed E-state index contributed by atoms with van der Waals surface area (Å²) in [5, 5.41) is 37.2. The highest BCUT2D eigenvalue weighted by Gasteiger charge is 2.62. The molecule has 16 heteroatoms. The predicted octanol–water partition coefficient (Wildman–Crippen LogP) is 0.357. The van der Waals surface area contributed by atoms with E-state index in [1.807, 2.05) is 28.0 Å². The molecule has 3 aromatic rings. The molecule has 7 N–H and O–H groups in total. The number of ether oxygens (including phenoxy) is 1. The zero-order valence-corrected chi connectivity index (χ0v) is 24.3. The van der Waals surface area contributed by atoms with Gasteiger partial charge in [0.1, 0.15) is 22.7 Å².